The van der Waals surface area contributed by atoms with Gasteiger partial charge < -0.3 is 24.4 Å². The molecule has 1 aliphatic heterocycles. The Morgan fingerprint density at radius 2 is 1.77 bits per heavy atom. The van der Waals surface area contributed by atoms with Gasteiger partial charge in [0.25, 0.3) is 5.91 Å². The molecule has 1 fully saturated rings. The van der Waals surface area contributed by atoms with E-state index in [0.717, 1.165) is 12.1 Å². The summed E-state index contributed by atoms with van der Waals surface area (Å²) in [6, 6.07) is 4.77. The number of ether oxygens (including phenoxy) is 3. The summed E-state index contributed by atoms with van der Waals surface area (Å²) in [6.07, 6.45) is -2.39. The molecule has 1 atom stereocenters. The summed E-state index contributed by atoms with van der Waals surface area (Å²) in [7, 11) is 0. The van der Waals surface area contributed by atoms with Crippen LogP contribution in [0, 0.1) is 29.5 Å². The third kappa shape index (κ3) is 8.97. The van der Waals surface area contributed by atoms with Crippen LogP contribution in [0.3, 0.4) is 0 Å². The number of alkyl halides is 3. The molecule has 1 N–H and O–H groups in total. The fraction of sp³-hybridized carbons (Fsp3) is 0.545. The number of pyridine rings is 1. The number of aryl methyl sites for hydroxylation is 1. The van der Waals surface area contributed by atoms with Gasteiger partial charge in [-0.2, -0.15) is 18.4 Å². The van der Waals surface area contributed by atoms with Crippen molar-refractivity contribution in [3.63, 3.8) is 0 Å². The van der Waals surface area contributed by atoms with Crippen molar-refractivity contribution in [1.82, 2.24) is 10.3 Å². The number of nitrogens with zero attached hydrogens (tertiary/aromatic N) is 4. The Hall–Kier alpha value is -3.87. The van der Waals surface area contributed by atoms with Crippen LogP contribution < -0.4 is 19.9 Å². The molecule has 1 unspecified atom stereocenters. The van der Waals surface area contributed by atoms with Crippen molar-refractivity contribution < 1.29 is 41.4 Å². The molecule has 1 aliphatic rings. The van der Waals surface area contributed by atoms with Gasteiger partial charge in [0.2, 0.25) is 11.8 Å². The van der Waals surface area contributed by atoms with E-state index >= 15 is 4.39 Å². The normalized spacial score (nSPS) is 15.5. The maximum Gasteiger partial charge on any atom is 0.420 e. The number of nitrogens with one attached hydrogen (secondary N) is 1. The van der Waals surface area contributed by atoms with Gasteiger partial charge in [-0.25, -0.2) is 9.37 Å². The molecule has 2 heterocycles. The number of carbonyl (C=O) groups is 2. The van der Waals surface area contributed by atoms with Crippen molar-refractivity contribution in [3.8, 4) is 11.9 Å². The maximum atomic E-state index is 15.3. The van der Waals surface area contributed by atoms with Crippen molar-refractivity contribution in [2.75, 3.05) is 42.8 Å². The van der Waals surface area contributed by atoms with Gasteiger partial charge in [-0.3, -0.25) is 14.5 Å². The van der Waals surface area contributed by atoms with Crippen LogP contribution in [0.2, 0.25) is 0 Å². The van der Waals surface area contributed by atoms with Gasteiger partial charge >= 0.3 is 6.18 Å². The number of thiocarbonyl (C=S) groups is 1. The lowest BCUT2D eigenvalue weighted by Gasteiger charge is -2.29. The van der Waals surface area contributed by atoms with E-state index in [1.54, 1.807) is 13.0 Å². The molecule has 262 valence electrons. The SMILES string of the molecule is Cc1cc(N2C(=S)N(c3ccc(C#N)c(C(F)(F)F)c3F)C(=O)C2(C)C)cnc1OCCCCOCCOCC(=O)NC(C)C(C)(C)C. The highest BCUT2D eigenvalue weighted by molar-refractivity contribution is 7.81. The number of hydrogen-bond donors (Lipinski definition) is 1. The van der Waals surface area contributed by atoms with Gasteiger partial charge in [0, 0.05) is 18.2 Å². The fourth-order valence-corrected chi connectivity index (χ4v) is 5.24. The molecule has 0 aliphatic carbocycles. The van der Waals surface area contributed by atoms with E-state index in [-0.39, 0.29) is 29.1 Å². The van der Waals surface area contributed by atoms with Crippen LogP contribution >= 0.6 is 12.2 Å². The Morgan fingerprint density at radius 3 is 2.38 bits per heavy atom. The van der Waals surface area contributed by atoms with Crippen molar-refractivity contribution in [2.24, 2.45) is 5.41 Å². The predicted octanol–water partition coefficient (Wildman–Crippen LogP) is 6.08. The van der Waals surface area contributed by atoms with Gasteiger partial charge in [-0.15, -0.1) is 0 Å². The van der Waals surface area contributed by atoms with Crippen LogP contribution in [0.5, 0.6) is 5.88 Å². The molecule has 10 nitrogen and oxygen atoms in total. The third-order valence-corrected chi connectivity index (χ3v) is 8.28. The molecule has 48 heavy (non-hydrogen) atoms. The first kappa shape index (κ1) is 38.6. The summed E-state index contributed by atoms with van der Waals surface area (Å²) < 4.78 is 72.9. The number of carbonyl (C=O) groups excluding carboxylic acids is 2. The number of aromatic nitrogens is 1. The largest absolute Gasteiger partial charge is 0.477 e. The zero-order valence-electron chi connectivity index (χ0n) is 28.1. The van der Waals surface area contributed by atoms with Gasteiger partial charge in [0.05, 0.1) is 49.0 Å². The lowest BCUT2D eigenvalue weighted by atomic mass is 9.88. The number of halogens is 4. The standard InChI is InChI=1S/C33H41F4N5O5S/c1-20-16-23(18-39-28(20)47-13-9-8-12-45-14-15-46-19-25(43)40-21(2)31(3,4)5)42-30(48)41(29(44)32(42,6)7)24-11-10-22(17-38)26(27(24)34)33(35,36)37/h10-11,16,18,21H,8-9,12-15,19H2,1-7H3,(H,40,43). The molecular formula is C33H41F4N5O5S. The van der Waals surface area contributed by atoms with Gasteiger partial charge in [-0.1, -0.05) is 20.8 Å². The molecule has 2 aromatic rings. The highest BCUT2D eigenvalue weighted by Crippen LogP contribution is 2.42. The van der Waals surface area contributed by atoms with E-state index in [2.05, 4.69) is 10.3 Å². The van der Waals surface area contributed by atoms with Gasteiger partial charge in [0.1, 0.15) is 17.7 Å². The quantitative estimate of drug-likeness (QED) is 0.143. The van der Waals surface area contributed by atoms with Crippen LogP contribution in [0.1, 0.15) is 71.1 Å². The van der Waals surface area contributed by atoms with E-state index in [0.29, 0.717) is 61.3 Å². The summed E-state index contributed by atoms with van der Waals surface area (Å²) in [5.41, 5.74) is -3.87. The molecule has 15 heteroatoms. The molecule has 0 saturated carbocycles. The number of benzene rings is 1. The second-order valence-corrected chi connectivity index (χ2v) is 13.3. The minimum Gasteiger partial charge on any atom is -0.477 e. The first-order chi connectivity index (χ1) is 22.3. The average molecular weight is 696 g/mol. The maximum absolute atomic E-state index is 15.3. The average Bonchev–Trinajstić information content (AvgIpc) is 3.15. The second kappa shape index (κ2) is 15.6. The molecule has 3 rings (SSSR count). The van der Waals surface area contributed by atoms with Crippen LogP contribution in [-0.2, 0) is 25.2 Å². The van der Waals surface area contributed by atoms with Crippen molar-refractivity contribution in [3.05, 3.63) is 46.9 Å². The Morgan fingerprint density at radius 1 is 1.12 bits per heavy atom. The summed E-state index contributed by atoms with van der Waals surface area (Å²) in [5.74, 6) is -2.36. The lowest BCUT2D eigenvalue weighted by Crippen LogP contribution is -2.44. The Labute approximate surface area is 283 Å². The monoisotopic (exact) mass is 695 g/mol. The summed E-state index contributed by atoms with van der Waals surface area (Å²) in [4.78, 5) is 31.8. The third-order valence-electron chi connectivity index (χ3n) is 7.91. The van der Waals surface area contributed by atoms with Crippen molar-refractivity contribution >= 4 is 40.5 Å². The summed E-state index contributed by atoms with van der Waals surface area (Å²) in [6.45, 7) is 14.3. The lowest BCUT2D eigenvalue weighted by molar-refractivity contribution is -0.140. The van der Waals surface area contributed by atoms with Crippen LogP contribution in [-0.4, -0.2) is 66.5 Å². The Balaban J connectivity index is 1.52. The first-order valence-electron chi connectivity index (χ1n) is 15.3. The van der Waals surface area contributed by atoms with Crippen molar-refractivity contribution in [1.29, 1.82) is 5.26 Å². The van der Waals surface area contributed by atoms with E-state index in [1.807, 2.05) is 27.7 Å². The Kier molecular flexibility index (Phi) is 12.5. The number of nitriles is 1. The van der Waals surface area contributed by atoms with Crippen LogP contribution in [0.4, 0.5) is 28.9 Å². The smallest absolute Gasteiger partial charge is 0.420 e. The van der Waals surface area contributed by atoms with E-state index in [4.69, 9.17) is 31.7 Å². The minimum absolute atomic E-state index is 0.0190. The summed E-state index contributed by atoms with van der Waals surface area (Å²) >= 11 is 5.49. The van der Waals surface area contributed by atoms with Gasteiger partial charge in [-0.05, 0) is 76.4 Å². The highest BCUT2D eigenvalue weighted by atomic mass is 32.1. The molecule has 0 bridgehead atoms. The van der Waals surface area contributed by atoms with Crippen LogP contribution in [0.25, 0.3) is 0 Å². The topological polar surface area (TPSA) is 117 Å². The van der Waals surface area contributed by atoms with E-state index < -0.39 is 40.3 Å². The number of amides is 2. The number of hydrogen-bond acceptors (Lipinski definition) is 8. The summed E-state index contributed by atoms with van der Waals surface area (Å²) in [5, 5.41) is 11.8. The van der Waals surface area contributed by atoms with E-state index in [1.165, 1.54) is 31.0 Å². The molecule has 2 amide bonds. The number of anilines is 2. The van der Waals surface area contributed by atoms with E-state index in [9.17, 15) is 22.8 Å². The fourth-order valence-electron chi connectivity index (χ4n) is 4.73. The zero-order valence-corrected chi connectivity index (χ0v) is 28.9. The predicted molar refractivity (Wildman–Crippen MR) is 175 cm³/mol. The molecule has 1 aromatic heterocycles. The molecule has 1 aromatic carbocycles. The van der Waals surface area contributed by atoms with Crippen LogP contribution in [0.15, 0.2) is 24.4 Å². The molecule has 0 spiro atoms. The zero-order chi connectivity index (χ0) is 36.0. The molecule has 1 saturated heterocycles. The van der Waals surface area contributed by atoms with Gasteiger partial charge in [0.15, 0.2) is 10.9 Å². The first-order valence-corrected chi connectivity index (χ1v) is 15.8. The Bertz CT molecular complexity index is 1550. The van der Waals surface area contributed by atoms with Crippen molar-refractivity contribution in [2.45, 2.75) is 79.1 Å². The number of unbranched alkanes of at least 4 members (excludes halogenated alkanes) is 1. The molecule has 0 radical (unpaired) electrons. The minimum atomic E-state index is -5.17. The number of rotatable bonds is 14. The molecular weight excluding hydrogens is 654 g/mol. The second-order valence-electron chi connectivity index (χ2n) is 12.9. The highest BCUT2D eigenvalue weighted by Gasteiger charge is 2.52.